The van der Waals surface area contributed by atoms with Crippen molar-refractivity contribution in [3.63, 3.8) is 0 Å². The summed E-state index contributed by atoms with van der Waals surface area (Å²) in [7, 11) is 0. The standard InChI is InChI=1S/C13H8FIN2O3/c14-10-3-1-2-4-12(10)16-13(18)9-6-5-8(17(19)20)7-11(9)15/h1-7H,(H,16,18). The van der Waals surface area contributed by atoms with Gasteiger partial charge in [0.25, 0.3) is 11.6 Å². The molecule has 0 aromatic heterocycles. The third kappa shape index (κ3) is 3.10. The fourth-order valence-electron chi connectivity index (χ4n) is 1.55. The van der Waals surface area contributed by atoms with E-state index in [-0.39, 0.29) is 16.9 Å². The first-order valence-corrected chi connectivity index (χ1v) is 6.56. The van der Waals surface area contributed by atoms with Crippen LogP contribution >= 0.6 is 22.6 Å². The number of rotatable bonds is 3. The molecule has 5 nitrogen and oxygen atoms in total. The zero-order valence-corrected chi connectivity index (χ0v) is 12.1. The van der Waals surface area contributed by atoms with Crippen molar-refractivity contribution in [2.45, 2.75) is 0 Å². The molecule has 0 atom stereocenters. The lowest BCUT2D eigenvalue weighted by atomic mass is 10.2. The first-order chi connectivity index (χ1) is 9.49. The van der Waals surface area contributed by atoms with Crippen molar-refractivity contribution in [2.75, 3.05) is 5.32 Å². The molecule has 0 aliphatic carbocycles. The molecule has 0 unspecified atom stereocenters. The van der Waals surface area contributed by atoms with E-state index in [0.717, 1.165) is 0 Å². The van der Waals surface area contributed by atoms with Gasteiger partial charge in [0.05, 0.1) is 16.2 Å². The number of nitrogens with zero attached hydrogens (tertiary/aromatic N) is 1. The maximum absolute atomic E-state index is 13.4. The van der Waals surface area contributed by atoms with Crippen LogP contribution in [0, 0.1) is 19.5 Å². The largest absolute Gasteiger partial charge is 0.319 e. The van der Waals surface area contributed by atoms with Gasteiger partial charge in [-0.2, -0.15) is 0 Å². The Morgan fingerprint density at radius 1 is 1.25 bits per heavy atom. The first-order valence-electron chi connectivity index (χ1n) is 5.49. The lowest BCUT2D eigenvalue weighted by molar-refractivity contribution is -0.384. The molecule has 0 aliphatic rings. The summed E-state index contributed by atoms with van der Waals surface area (Å²) >= 11 is 1.83. The summed E-state index contributed by atoms with van der Waals surface area (Å²) in [6.45, 7) is 0. The van der Waals surface area contributed by atoms with Crippen LogP contribution in [-0.2, 0) is 0 Å². The molecule has 0 saturated heterocycles. The fourth-order valence-corrected chi connectivity index (χ4v) is 2.30. The molecule has 2 rings (SSSR count). The number of nitro benzene ring substituents is 1. The van der Waals surface area contributed by atoms with Crippen molar-refractivity contribution in [3.05, 3.63) is 67.5 Å². The second kappa shape index (κ2) is 5.95. The normalized spacial score (nSPS) is 10.1. The summed E-state index contributed by atoms with van der Waals surface area (Å²) in [5.41, 5.74) is 0.211. The Morgan fingerprint density at radius 3 is 2.55 bits per heavy atom. The Bertz CT molecular complexity index is 691. The predicted octanol–water partition coefficient (Wildman–Crippen LogP) is 3.59. The lowest BCUT2D eigenvalue weighted by Crippen LogP contribution is -2.14. The number of carbonyl (C=O) groups excluding carboxylic acids is 1. The second-order valence-electron chi connectivity index (χ2n) is 3.86. The highest BCUT2D eigenvalue weighted by molar-refractivity contribution is 14.1. The molecule has 1 N–H and O–H groups in total. The van der Waals surface area contributed by atoms with Gasteiger partial charge in [-0.25, -0.2) is 4.39 Å². The van der Waals surface area contributed by atoms with Gasteiger partial charge in [0, 0.05) is 15.7 Å². The zero-order chi connectivity index (χ0) is 14.7. The summed E-state index contributed by atoms with van der Waals surface area (Å²) in [6.07, 6.45) is 0. The second-order valence-corrected chi connectivity index (χ2v) is 5.02. The monoisotopic (exact) mass is 386 g/mol. The minimum atomic E-state index is -0.544. The molecule has 0 aliphatic heterocycles. The molecular formula is C13H8FIN2O3. The minimum Gasteiger partial charge on any atom is -0.319 e. The van der Waals surface area contributed by atoms with E-state index >= 15 is 0 Å². The average molecular weight is 386 g/mol. The van der Waals surface area contributed by atoms with Crippen LogP contribution in [0.15, 0.2) is 42.5 Å². The molecule has 0 spiro atoms. The summed E-state index contributed by atoms with van der Waals surface area (Å²) in [6, 6.07) is 9.65. The summed E-state index contributed by atoms with van der Waals surface area (Å²) in [4.78, 5) is 22.1. The van der Waals surface area contributed by atoms with Crippen molar-refractivity contribution in [1.29, 1.82) is 0 Å². The van der Waals surface area contributed by atoms with Crippen LogP contribution in [0.5, 0.6) is 0 Å². The molecule has 1 amide bonds. The number of halogens is 2. The highest BCUT2D eigenvalue weighted by atomic mass is 127. The van der Waals surface area contributed by atoms with Gasteiger partial charge < -0.3 is 5.32 Å². The van der Waals surface area contributed by atoms with E-state index in [2.05, 4.69) is 5.32 Å². The molecule has 0 fully saturated rings. The Labute approximate surface area is 127 Å². The number of carbonyl (C=O) groups is 1. The van der Waals surface area contributed by atoms with Gasteiger partial charge in [-0.3, -0.25) is 14.9 Å². The van der Waals surface area contributed by atoms with Crippen molar-refractivity contribution < 1.29 is 14.1 Å². The van der Waals surface area contributed by atoms with Gasteiger partial charge in [0.1, 0.15) is 5.82 Å². The third-order valence-electron chi connectivity index (χ3n) is 2.53. The number of anilines is 1. The number of benzene rings is 2. The van der Waals surface area contributed by atoms with E-state index < -0.39 is 16.6 Å². The molecule has 2 aromatic rings. The molecule has 0 saturated carbocycles. The smallest absolute Gasteiger partial charge is 0.270 e. The van der Waals surface area contributed by atoms with E-state index in [9.17, 15) is 19.3 Å². The van der Waals surface area contributed by atoms with Crippen molar-refractivity contribution in [2.24, 2.45) is 0 Å². The quantitative estimate of drug-likeness (QED) is 0.498. The number of amides is 1. The molecular weight excluding hydrogens is 378 g/mol. The van der Waals surface area contributed by atoms with Crippen LogP contribution in [0.25, 0.3) is 0 Å². The Morgan fingerprint density at radius 2 is 1.95 bits per heavy atom. The van der Waals surface area contributed by atoms with E-state index in [0.29, 0.717) is 3.57 Å². The van der Waals surface area contributed by atoms with E-state index in [1.807, 2.05) is 22.6 Å². The Hall–Kier alpha value is -2.03. The summed E-state index contributed by atoms with van der Waals surface area (Å²) in [5.74, 6) is -1.06. The van der Waals surface area contributed by atoms with Crippen LogP contribution in [0.4, 0.5) is 15.8 Å². The summed E-state index contributed by atoms with van der Waals surface area (Å²) in [5, 5.41) is 13.0. The van der Waals surface area contributed by atoms with Crippen LogP contribution in [0.3, 0.4) is 0 Å². The SMILES string of the molecule is O=C(Nc1ccccc1F)c1ccc([N+](=O)[O-])cc1I. The third-order valence-corrected chi connectivity index (χ3v) is 3.42. The van der Waals surface area contributed by atoms with Crippen LogP contribution < -0.4 is 5.32 Å². The highest BCUT2D eigenvalue weighted by Gasteiger charge is 2.15. The maximum atomic E-state index is 13.4. The van der Waals surface area contributed by atoms with Gasteiger partial charge in [-0.05, 0) is 40.8 Å². The number of non-ortho nitro benzene ring substituents is 1. The van der Waals surface area contributed by atoms with Crippen molar-refractivity contribution >= 4 is 39.9 Å². The van der Waals surface area contributed by atoms with E-state index in [1.54, 1.807) is 6.07 Å². The van der Waals surface area contributed by atoms with Crippen LogP contribution in [0.2, 0.25) is 0 Å². The average Bonchev–Trinajstić information content (AvgIpc) is 2.41. The van der Waals surface area contributed by atoms with Gasteiger partial charge >= 0.3 is 0 Å². The zero-order valence-electron chi connectivity index (χ0n) is 9.97. The van der Waals surface area contributed by atoms with Crippen LogP contribution in [0.1, 0.15) is 10.4 Å². The molecule has 7 heteroatoms. The van der Waals surface area contributed by atoms with Crippen LogP contribution in [-0.4, -0.2) is 10.8 Å². The van der Waals surface area contributed by atoms with Gasteiger partial charge in [-0.15, -0.1) is 0 Å². The van der Waals surface area contributed by atoms with E-state index in [4.69, 9.17) is 0 Å². The van der Waals surface area contributed by atoms with Crippen molar-refractivity contribution in [3.8, 4) is 0 Å². The number of para-hydroxylation sites is 1. The molecule has 2 aromatic carbocycles. The van der Waals surface area contributed by atoms with E-state index in [1.165, 1.54) is 36.4 Å². The highest BCUT2D eigenvalue weighted by Crippen LogP contribution is 2.21. The number of hydrogen-bond acceptors (Lipinski definition) is 3. The Balaban J connectivity index is 2.26. The predicted molar refractivity (Wildman–Crippen MR) is 80.2 cm³/mol. The number of nitro groups is 1. The molecule has 20 heavy (non-hydrogen) atoms. The molecule has 0 bridgehead atoms. The van der Waals surface area contributed by atoms with Gasteiger partial charge in [0.15, 0.2) is 0 Å². The van der Waals surface area contributed by atoms with Gasteiger partial charge in [-0.1, -0.05) is 12.1 Å². The molecule has 102 valence electrons. The molecule has 0 radical (unpaired) electrons. The summed E-state index contributed by atoms with van der Waals surface area (Å²) < 4.78 is 13.9. The topological polar surface area (TPSA) is 72.2 Å². The lowest BCUT2D eigenvalue weighted by Gasteiger charge is -2.07. The Kier molecular flexibility index (Phi) is 4.28. The fraction of sp³-hybridized carbons (Fsp3) is 0. The maximum Gasteiger partial charge on any atom is 0.270 e. The van der Waals surface area contributed by atoms with Gasteiger partial charge in [0.2, 0.25) is 0 Å². The minimum absolute atomic E-state index is 0.0617. The first kappa shape index (κ1) is 14.4. The molecule has 0 heterocycles. The number of nitrogens with one attached hydrogen (secondary N) is 1. The number of hydrogen-bond donors (Lipinski definition) is 1. The van der Waals surface area contributed by atoms with Crippen molar-refractivity contribution in [1.82, 2.24) is 0 Å².